The highest BCUT2D eigenvalue weighted by atomic mass is 32.1. The summed E-state index contributed by atoms with van der Waals surface area (Å²) in [5, 5.41) is 4.15. The molecule has 0 fully saturated rings. The molecule has 9 aromatic carbocycles. The van der Waals surface area contributed by atoms with Crippen LogP contribution in [0.4, 0.5) is 21.5 Å². The fraction of sp³-hybridized carbons (Fsp3) is 0. The summed E-state index contributed by atoms with van der Waals surface area (Å²) in [7, 11) is 0. The first kappa shape index (κ1) is 34.0. The molecule has 4 heteroatoms. The first-order chi connectivity index (χ1) is 28.7. The molecular weight excluding hydrogens is 728 g/mol. The second kappa shape index (κ2) is 14.0. The number of hydrogen-bond donors (Lipinski definition) is 0. The molecule has 0 bridgehead atoms. The van der Waals surface area contributed by atoms with Crippen LogP contribution >= 0.6 is 11.3 Å². The average Bonchev–Trinajstić information content (AvgIpc) is 3.84. The molecule has 0 N–H and O–H groups in total. The normalized spacial score (nSPS) is 11.5. The van der Waals surface area contributed by atoms with Crippen molar-refractivity contribution >= 4 is 70.4 Å². The van der Waals surface area contributed by atoms with Crippen molar-refractivity contribution in [2.75, 3.05) is 4.90 Å². The molecule has 0 atom stereocenters. The number of hydrogen-bond acceptors (Lipinski definition) is 2. The highest BCUT2D eigenvalue weighted by molar-refractivity contribution is 7.25. The number of aromatic nitrogens is 1. The van der Waals surface area contributed by atoms with Crippen LogP contribution in [0.2, 0.25) is 0 Å². The van der Waals surface area contributed by atoms with Crippen molar-refractivity contribution in [1.29, 1.82) is 0 Å². The summed E-state index contributed by atoms with van der Waals surface area (Å²) < 4.78 is 20.2. The predicted octanol–water partition coefficient (Wildman–Crippen LogP) is 15.8. The molecule has 0 aliphatic heterocycles. The molecule has 0 amide bonds. The van der Waals surface area contributed by atoms with Gasteiger partial charge in [0.05, 0.1) is 16.7 Å². The molecule has 11 rings (SSSR count). The molecule has 0 aliphatic carbocycles. The maximum atomic E-state index is 15.4. The number of benzene rings is 9. The average molecular weight is 763 g/mol. The highest BCUT2D eigenvalue weighted by Gasteiger charge is 2.19. The molecule has 2 heterocycles. The third-order valence-electron chi connectivity index (χ3n) is 11.3. The van der Waals surface area contributed by atoms with E-state index in [1.54, 1.807) is 12.1 Å². The van der Waals surface area contributed by atoms with Crippen LogP contribution in [-0.4, -0.2) is 4.57 Å². The van der Waals surface area contributed by atoms with Crippen molar-refractivity contribution in [1.82, 2.24) is 4.57 Å². The van der Waals surface area contributed by atoms with Gasteiger partial charge in [-0.05, 0) is 101 Å². The number of thiophene rings is 1. The number of anilines is 3. The van der Waals surface area contributed by atoms with E-state index >= 15 is 4.39 Å². The molecule has 2 aromatic heterocycles. The molecule has 11 aromatic rings. The van der Waals surface area contributed by atoms with E-state index in [4.69, 9.17) is 0 Å². The second-order valence-corrected chi connectivity index (χ2v) is 15.7. The molecule has 0 saturated carbocycles. The fourth-order valence-electron chi connectivity index (χ4n) is 8.65. The van der Waals surface area contributed by atoms with Gasteiger partial charge in [0.25, 0.3) is 0 Å². The smallest absolute Gasteiger partial charge is 0.133 e. The minimum atomic E-state index is -0.212. The summed E-state index contributed by atoms with van der Waals surface area (Å²) in [6.07, 6.45) is 0. The summed E-state index contributed by atoms with van der Waals surface area (Å²) in [6, 6.07) is 74.3. The third kappa shape index (κ3) is 5.69. The zero-order valence-electron chi connectivity index (χ0n) is 31.4. The van der Waals surface area contributed by atoms with E-state index in [0.717, 1.165) is 55.9 Å². The van der Waals surface area contributed by atoms with Crippen LogP contribution in [0.5, 0.6) is 0 Å². The second-order valence-electron chi connectivity index (χ2n) is 14.6. The summed E-state index contributed by atoms with van der Waals surface area (Å²) in [4.78, 5) is 2.34. The monoisotopic (exact) mass is 762 g/mol. The van der Waals surface area contributed by atoms with E-state index in [2.05, 4.69) is 185 Å². The maximum absolute atomic E-state index is 15.4. The minimum absolute atomic E-state index is 0.212. The van der Waals surface area contributed by atoms with Gasteiger partial charge in [-0.3, -0.25) is 0 Å². The molecular formula is C54H35FN2S. The van der Waals surface area contributed by atoms with Gasteiger partial charge in [0.1, 0.15) is 5.82 Å². The van der Waals surface area contributed by atoms with E-state index in [0.29, 0.717) is 5.39 Å². The van der Waals surface area contributed by atoms with Gasteiger partial charge in [-0.1, -0.05) is 140 Å². The van der Waals surface area contributed by atoms with Crippen LogP contribution in [0, 0.1) is 5.82 Å². The van der Waals surface area contributed by atoms with E-state index < -0.39 is 0 Å². The molecule has 0 aliphatic rings. The molecule has 58 heavy (non-hydrogen) atoms. The Balaban J connectivity index is 1.03. The van der Waals surface area contributed by atoms with Gasteiger partial charge < -0.3 is 9.47 Å². The first-order valence-electron chi connectivity index (χ1n) is 19.5. The Bertz CT molecular complexity index is 3290. The van der Waals surface area contributed by atoms with Crippen molar-refractivity contribution in [3.05, 3.63) is 218 Å². The lowest BCUT2D eigenvalue weighted by Gasteiger charge is -2.26. The van der Waals surface area contributed by atoms with Crippen LogP contribution in [-0.2, 0) is 0 Å². The highest BCUT2D eigenvalue weighted by Crippen LogP contribution is 2.43. The lowest BCUT2D eigenvalue weighted by molar-refractivity contribution is 0.640. The first-order valence-corrected chi connectivity index (χ1v) is 20.4. The van der Waals surface area contributed by atoms with Gasteiger partial charge in [-0.25, -0.2) is 4.39 Å². The summed E-state index contributed by atoms with van der Waals surface area (Å²) in [6.45, 7) is 0. The Morgan fingerprint density at radius 2 is 0.966 bits per heavy atom. The molecule has 0 radical (unpaired) electrons. The Morgan fingerprint density at radius 3 is 1.78 bits per heavy atom. The number of rotatable bonds is 7. The van der Waals surface area contributed by atoms with Crippen molar-refractivity contribution in [3.63, 3.8) is 0 Å². The minimum Gasteiger partial charge on any atom is -0.310 e. The van der Waals surface area contributed by atoms with Crippen molar-refractivity contribution in [2.45, 2.75) is 0 Å². The Kier molecular flexibility index (Phi) is 8.23. The van der Waals surface area contributed by atoms with Gasteiger partial charge in [-0.2, -0.15) is 0 Å². The van der Waals surface area contributed by atoms with Gasteiger partial charge >= 0.3 is 0 Å². The van der Waals surface area contributed by atoms with Crippen LogP contribution in [0.15, 0.2) is 212 Å². The van der Waals surface area contributed by atoms with E-state index in [1.807, 2.05) is 35.6 Å². The Morgan fingerprint density at radius 1 is 0.379 bits per heavy atom. The third-order valence-corrected chi connectivity index (χ3v) is 12.4. The lowest BCUT2D eigenvalue weighted by atomic mass is 9.98. The van der Waals surface area contributed by atoms with Gasteiger partial charge in [0.15, 0.2) is 0 Å². The van der Waals surface area contributed by atoms with Crippen LogP contribution in [0.3, 0.4) is 0 Å². The Labute approximate surface area is 339 Å². The van der Waals surface area contributed by atoms with Crippen molar-refractivity contribution in [2.24, 2.45) is 0 Å². The summed E-state index contributed by atoms with van der Waals surface area (Å²) in [5.41, 5.74) is 12.9. The van der Waals surface area contributed by atoms with Gasteiger partial charge in [0.2, 0.25) is 0 Å². The number of para-hydroxylation sites is 2. The largest absolute Gasteiger partial charge is 0.310 e. The molecule has 0 saturated heterocycles. The zero-order chi connectivity index (χ0) is 38.6. The van der Waals surface area contributed by atoms with Crippen LogP contribution in [0.25, 0.3) is 81.0 Å². The van der Waals surface area contributed by atoms with Gasteiger partial charge in [0, 0.05) is 53.6 Å². The van der Waals surface area contributed by atoms with Gasteiger partial charge in [-0.15, -0.1) is 11.3 Å². The topological polar surface area (TPSA) is 8.17 Å². The summed E-state index contributed by atoms with van der Waals surface area (Å²) >= 11 is 1.85. The predicted molar refractivity (Wildman–Crippen MR) is 245 cm³/mol. The van der Waals surface area contributed by atoms with Crippen molar-refractivity contribution < 1.29 is 4.39 Å². The standard InChI is InChI=1S/C54H35FN2S/c55-47-21-12-24-50-54(47)45-18-5-8-23-49(45)57(50)48-22-7-4-17-43(48)37-27-31-40(32-28-37)56(42-16-10-15-39(35-42)36-13-2-1-3-14-36)41-33-29-38(30-34-41)44-20-11-26-52-53(44)46-19-6-9-25-51(46)58-52/h1-35H. The van der Waals surface area contributed by atoms with E-state index in [-0.39, 0.29) is 5.82 Å². The maximum Gasteiger partial charge on any atom is 0.133 e. The molecule has 0 spiro atoms. The van der Waals surface area contributed by atoms with Crippen LogP contribution in [0.1, 0.15) is 0 Å². The number of fused-ring (bicyclic) bond motifs is 6. The molecule has 2 nitrogen and oxygen atoms in total. The number of halogens is 1. The molecule has 274 valence electrons. The summed E-state index contributed by atoms with van der Waals surface area (Å²) in [5.74, 6) is -0.212. The molecule has 0 unspecified atom stereocenters. The fourth-order valence-corrected chi connectivity index (χ4v) is 9.78. The van der Waals surface area contributed by atoms with Crippen LogP contribution < -0.4 is 4.90 Å². The van der Waals surface area contributed by atoms with E-state index in [1.165, 1.54) is 36.9 Å². The SMILES string of the molecule is Fc1cccc2c1c1ccccc1n2-c1ccccc1-c1ccc(N(c2ccc(-c3cccc4sc5ccccc5c34)cc2)c2cccc(-c3ccccc3)c2)cc1. The zero-order valence-corrected chi connectivity index (χ0v) is 32.2. The lowest BCUT2D eigenvalue weighted by Crippen LogP contribution is -2.10. The Hall–Kier alpha value is -7.27. The quantitative estimate of drug-likeness (QED) is 0.157. The number of nitrogens with zero attached hydrogens (tertiary/aromatic N) is 2. The van der Waals surface area contributed by atoms with E-state index in [9.17, 15) is 0 Å². The van der Waals surface area contributed by atoms with Crippen molar-refractivity contribution in [3.8, 4) is 39.1 Å².